The number of hydrogen-bond donors (Lipinski definition) is 3. The number of amides is 2. The molecule has 0 bridgehead atoms. The van der Waals surface area contributed by atoms with E-state index in [4.69, 9.17) is 20.0 Å². The summed E-state index contributed by atoms with van der Waals surface area (Å²) in [5, 5.41) is 12.0. The van der Waals surface area contributed by atoms with Crippen molar-refractivity contribution >= 4 is 34.3 Å². The van der Waals surface area contributed by atoms with Gasteiger partial charge in [-0.15, -0.1) is 0 Å². The zero-order valence-corrected chi connectivity index (χ0v) is 21.3. The van der Waals surface area contributed by atoms with Crippen LogP contribution in [0, 0.1) is 12.7 Å². The number of furan rings is 1. The third-order valence-electron chi connectivity index (χ3n) is 4.24. The lowest BCUT2D eigenvalue weighted by atomic mass is 10.2. The molecule has 0 aliphatic rings. The number of benzene rings is 1. The van der Waals surface area contributed by atoms with E-state index in [0.29, 0.717) is 23.2 Å². The molecule has 10 heteroatoms. The molecule has 0 aliphatic carbocycles. The SMILES string of the molecule is CC.CN(CCO)C(=O)OC(C)(C)C.Cc1ccc(Nc2c(C(N)=O)oc3ccncc23)c(F)c1. The van der Waals surface area contributed by atoms with Crippen LogP contribution in [0.5, 0.6) is 0 Å². The first-order valence-corrected chi connectivity index (χ1v) is 11.2. The summed E-state index contributed by atoms with van der Waals surface area (Å²) in [5.74, 6) is -1.22. The standard InChI is InChI=1S/C15H12FN3O2.C8H17NO3.C2H6/c1-8-2-3-11(10(16)6-8)19-13-9-7-18-5-4-12(9)21-14(13)15(17)20;1-8(2,3)12-7(11)9(4)5-6-10;1-2/h2-7,19H,1H3,(H2,17,20);10H,5-6H2,1-4H3;1-2H3. The second kappa shape index (κ2) is 13.3. The fraction of sp³-hybridized carbons (Fsp3) is 0.400. The Morgan fingerprint density at radius 2 is 1.91 bits per heavy atom. The first-order valence-electron chi connectivity index (χ1n) is 11.2. The average molecular weight is 491 g/mol. The predicted molar refractivity (Wildman–Crippen MR) is 134 cm³/mol. The molecule has 0 spiro atoms. The maximum absolute atomic E-state index is 14.0. The number of aliphatic hydroxyl groups is 1. The van der Waals surface area contributed by atoms with Gasteiger partial charge >= 0.3 is 6.09 Å². The molecule has 0 saturated heterocycles. The van der Waals surface area contributed by atoms with Crippen molar-refractivity contribution in [2.24, 2.45) is 5.73 Å². The van der Waals surface area contributed by atoms with Crippen molar-refractivity contribution in [2.45, 2.75) is 47.1 Å². The van der Waals surface area contributed by atoms with Crippen molar-refractivity contribution in [1.82, 2.24) is 9.88 Å². The Morgan fingerprint density at radius 3 is 2.46 bits per heavy atom. The number of carbonyl (C=O) groups is 2. The minimum absolute atomic E-state index is 0.0459. The zero-order chi connectivity index (χ0) is 26.8. The van der Waals surface area contributed by atoms with E-state index in [9.17, 15) is 14.0 Å². The first kappa shape index (κ1) is 29.4. The number of pyridine rings is 1. The Kier molecular flexibility index (Phi) is 11.1. The van der Waals surface area contributed by atoms with Crippen molar-refractivity contribution in [3.8, 4) is 0 Å². The molecule has 2 heterocycles. The number of anilines is 2. The van der Waals surface area contributed by atoms with E-state index in [1.54, 1.807) is 52.9 Å². The van der Waals surface area contributed by atoms with E-state index >= 15 is 0 Å². The number of rotatable bonds is 5. The first-order chi connectivity index (χ1) is 16.4. The number of aryl methyl sites for hydroxylation is 1. The second-order valence-electron chi connectivity index (χ2n) is 8.28. The van der Waals surface area contributed by atoms with Crippen LogP contribution in [-0.2, 0) is 4.74 Å². The largest absolute Gasteiger partial charge is 0.448 e. The maximum Gasteiger partial charge on any atom is 0.410 e. The quantitative estimate of drug-likeness (QED) is 0.459. The summed E-state index contributed by atoms with van der Waals surface area (Å²) in [7, 11) is 1.59. The zero-order valence-electron chi connectivity index (χ0n) is 21.3. The number of hydrogen-bond acceptors (Lipinski definition) is 7. The van der Waals surface area contributed by atoms with Gasteiger partial charge in [0.15, 0.2) is 0 Å². The molecular weight excluding hydrogens is 455 g/mol. The van der Waals surface area contributed by atoms with E-state index in [0.717, 1.165) is 5.56 Å². The highest BCUT2D eigenvalue weighted by Gasteiger charge is 2.20. The fourth-order valence-corrected chi connectivity index (χ4v) is 2.68. The number of primary amides is 1. The summed E-state index contributed by atoms with van der Waals surface area (Å²) in [6.45, 7) is 11.5. The molecule has 0 atom stereocenters. The monoisotopic (exact) mass is 490 g/mol. The van der Waals surface area contributed by atoms with Gasteiger partial charge in [0, 0.05) is 26.0 Å². The second-order valence-corrected chi connectivity index (χ2v) is 8.28. The Bertz CT molecular complexity index is 1120. The van der Waals surface area contributed by atoms with Crippen LogP contribution in [0.25, 0.3) is 11.0 Å². The lowest BCUT2D eigenvalue weighted by molar-refractivity contribution is 0.0272. The number of likely N-dealkylation sites (N-methyl/N-ethyl adjacent to an activating group) is 1. The summed E-state index contributed by atoms with van der Waals surface area (Å²) >= 11 is 0. The van der Waals surface area contributed by atoms with Gasteiger partial charge in [0.25, 0.3) is 5.91 Å². The molecule has 0 saturated carbocycles. The number of halogens is 1. The number of nitrogens with two attached hydrogens (primary N) is 1. The van der Waals surface area contributed by atoms with E-state index in [1.165, 1.54) is 23.4 Å². The molecular formula is C25H35FN4O5. The summed E-state index contributed by atoms with van der Waals surface area (Å²) in [5.41, 5.74) is 6.63. The Balaban J connectivity index is 0.000000376. The number of carbonyl (C=O) groups excluding carboxylic acids is 2. The smallest absolute Gasteiger partial charge is 0.410 e. The summed E-state index contributed by atoms with van der Waals surface area (Å²) in [6, 6.07) is 6.35. The molecule has 0 unspecified atom stereocenters. The van der Waals surface area contributed by atoms with Crippen LogP contribution in [0.2, 0.25) is 0 Å². The van der Waals surface area contributed by atoms with Crippen molar-refractivity contribution in [3.63, 3.8) is 0 Å². The molecule has 1 aromatic carbocycles. The van der Waals surface area contributed by atoms with E-state index in [1.807, 2.05) is 13.8 Å². The van der Waals surface area contributed by atoms with E-state index in [2.05, 4.69) is 10.3 Å². The van der Waals surface area contributed by atoms with Crippen LogP contribution < -0.4 is 11.1 Å². The highest BCUT2D eigenvalue weighted by molar-refractivity contribution is 6.06. The van der Waals surface area contributed by atoms with Gasteiger partial charge < -0.3 is 30.2 Å². The fourth-order valence-electron chi connectivity index (χ4n) is 2.68. The van der Waals surface area contributed by atoms with Gasteiger partial charge in [-0.25, -0.2) is 9.18 Å². The van der Waals surface area contributed by atoms with Gasteiger partial charge in [-0.2, -0.15) is 0 Å². The van der Waals surface area contributed by atoms with Crippen molar-refractivity contribution < 1.29 is 28.2 Å². The summed E-state index contributed by atoms with van der Waals surface area (Å²) < 4.78 is 24.4. The number of aliphatic hydroxyl groups excluding tert-OH is 1. The van der Waals surface area contributed by atoms with E-state index in [-0.39, 0.29) is 18.1 Å². The Labute approximate surface area is 205 Å². The van der Waals surface area contributed by atoms with Crippen molar-refractivity contribution in [2.75, 3.05) is 25.5 Å². The minimum Gasteiger partial charge on any atom is -0.448 e. The molecule has 4 N–H and O–H groups in total. The van der Waals surface area contributed by atoms with Crippen LogP contribution in [0.3, 0.4) is 0 Å². The summed E-state index contributed by atoms with van der Waals surface area (Å²) in [6.07, 6.45) is 2.66. The highest BCUT2D eigenvalue weighted by Crippen LogP contribution is 2.33. The van der Waals surface area contributed by atoms with Gasteiger partial charge in [-0.1, -0.05) is 19.9 Å². The number of fused-ring (bicyclic) bond motifs is 1. The van der Waals surface area contributed by atoms with Gasteiger partial charge in [-0.3, -0.25) is 9.78 Å². The molecule has 9 nitrogen and oxygen atoms in total. The normalized spacial score (nSPS) is 10.4. The topological polar surface area (TPSA) is 131 Å². The molecule has 0 aliphatic heterocycles. The van der Waals surface area contributed by atoms with Crippen LogP contribution in [0.4, 0.5) is 20.6 Å². The lowest BCUT2D eigenvalue weighted by Gasteiger charge is -2.24. The number of nitrogens with zero attached hydrogens (tertiary/aromatic N) is 2. The molecule has 3 rings (SSSR count). The van der Waals surface area contributed by atoms with Crippen molar-refractivity contribution in [1.29, 1.82) is 0 Å². The maximum atomic E-state index is 14.0. The number of ether oxygens (including phenoxy) is 1. The van der Waals surface area contributed by atoms with Gasteiger partial charge in [0.1, 0.15) is 22.7 Å². The predicted octanol–water partition coefficient (Wildman–Crippen LogP) is 4.99. The molecule has 0 fully saturated rings. The third kappa shape index (κ3) is 8.90. The molecule has 2 aromatic heterocycles. The molecule has 3 aromatic rings. The van der Waals surface area contributed by atoms with Crippen LogP contribution in [0.1, 0.15) is 50.7 Å². The summed E-state index contributed by atoms with van der Waals surface area (Å²) in [4.78, 5) is 28.0. The van der Waals surface area contributed by atoms with Gasteiger partial charge in [-0.05, 0) is 51.5 Å². The lowest BCUT2D eigenvalue weighted by Crippen LogP contribution is -2.35. The van der Waals surface area contributed by atoms with Crippen molar-refractivity contribution in [3.05, 3.63) is 53.8 Å². The average Bonchev–Trinajstić information content (AvgIpc) is 3.15. The minimum atomic E-state index is -0.735. The Morgan fingerprint density at radius 1 is 1.26 bits per heavy atom. The number of aromatic nitrogens is 1. The molecule has 0 radical (unpaired) electrons. The van der Waals surface area contributed by atoms with E-state index < -0.39 is 23.4 Å². The molecule has 2 amide bonds. The van der Waals surface area contributed by atoms with Crippen LogP contribution >= 0.6 is 0 Å². The highest BCUT2D eigenvalue weighted by atomic mass is 19.1. The Hall–Kier alpha value is -3.66. The molecule has 35 heavy (non-hydrogen) atoms. The van der Waals surface area contributed by atoms with Crippen LogP contribution in [0.15, 0.2) is 41.1 Å². The third-order valence-corrected chi connectivity index (χ3v) is 4.24. The van der Waals surface area contributed by atoms with Gasteiger partial charge in [0.05, 0.1) is 17.7 Å². The van der Waals surface area contributed by atoms with Gasteiger partial charge in [0.2, 0.25) is 5.76 Å². The number of nitrogens with one attached hydrogen (secondary N) is 1. The molecule has 192 valence electrons. The van der Waals surface area contributed by atoms with Crippen LogP contribution in [-0.4, -0.2) is 52.8 Å².